The number of hydrogen-bond donors (Lipinski definition) is 0. The summed E-state index contributed by atoms with van der Waals surface area (Å²) in [4.78, 5) is 0. The Hall–Kier alpha value is 1.21. The van der Waals surface area contributed by atoms with Crippen molar-refractivity contribution in [1.82, 2.24) is 0 Å². The minimum Gasteiger partial charge on any atom is -0.745 e. The van der Waals surface area contributed by atoms with Crippen molar-refractivity contribution >= 4 is 30.4 Å². The van der Waals surface area contributed by atoms with E-state index >= 15 is 0 Å². The van der Waals surface area contributed by atoms with E-state index in [9.17, 15) is 38.9 Å². The summed E-state index contributed by atoms with van der Waals surface area (Å²) >= 11 is 0. The van der Waals surface area contributed by atoms with Gasteiger partial charge in [-0.3, -0.25) is 0 Å². The first-order chi connectivity index (χ1) is 7.68. The smallest absolute Gasteiger partial charge is 0.745 e. The molecular weight excluding hydrogens is 417 g/mol. The van der Waals surface area contributed by atoms with Crippen LogP contribution in [-0.4, -0.2) is 38.9 Å². The molecule has 9 nitrogen and oxygen atoms in total. The van der Waals surface area contributed by atoms with Crippen LogP contribution in [0.2, 0.25) is 0 Å². The Morgan fingerprint density at radius 1 is 0.600 bits per heavy atom. The van der Waals surface area contributed by atoms with E-state index in [0.717, 1.165) is 0 Å². The molecule has 20 heavy (non-hydrogen) atoms. The predicted octanol–water partition coefficient (Wildman–Crippen LogP) is -3.97. The maximum atomic E-state index is 9.33. The second-order valence-electron chi connectivity index (χ2n) is 1.98. The second kappa shape index (κ2) is 15.1. The molecule has 0 aliphatic heterocycles. The molecule has 0 amide bonds. The SMILES string of the molecule is C=CS(=O)(=O)[O-].C=CS(=O)(=O)[O-].C=CS(=O)(=O)[O-].[K+].[Zn+2]. The summed E-state index contributed by atoms with van der Waals surface area (Å²) in [5.74, 6) is 0. The third kappa shape index (κ3) is 61.1. The van der Waals surface area contributed by atoms with Crippen LogP contribution >= 0.6 is 0 Å². The molecule has 0 aromatic carbocycles. The summed E-state index contributed by atoms with van der Waals surface area (Å²) in [7, 11) is -12.4. The van der Waals surface area contributed by atoms with Crippen LogP contribution < -0.4 is 51.4 Å². The Bertz CT molecular complexity index is 455. The van der Waals surface area contributed by atoms with Crippen LogP contribution in [0, 0.1) is 0 Å². The van der Waals surface area contributed by atoms with Crippen molar-refractivity contribution in [1.29, 1.82) is 0 Å². The Labute approximate surface area is 173 Å². The summed E-state index contributed by atoms with van der Waals surface area (Å²) in [6.07, 6.45) is 0. The van der Waals surface area contributed by atoms with E-state index in [1.165, 1.54) is 0 Å². The first-order valence-corrected chi connectivity index (χ1v) is 7.85. The molecule has 0 rings (SSSR count). The van der Waals surface area contributed by atoms with Gasteiger partial charge in [0.2, 0.25) is 0 Å². The van der Waals surface area contributed by atoms with Crippen LogP contribution in [0.1, 0.15) is 0 Å². The Balaban J connectivity index is -0.0000000536. The van der Waals surface area contributed by atoms with Crippen LogP contribution in [0.4, 0.5) is 0 Å². The van der Waals surface area contributed by atoms with Crippen molar-refractivity contribution in [2.24, 2.45) is 0 Å². The van der Waals surface area contributed by atoms with Gasteiger partial charge in [0.25, 0.3) is 0 Å². The van der Waals surface area contributed by atoms with Gasteiger partial charge in [-0.25, -0.2) is 25.3 Å². The van der Waals surface area contributed by atoms with E-state index in [2.05, 4.69) is 19.7 Å². The summed E-state index contributed by atoms with van der Waals surface area (Å²) in [5.41, 5.74) is 0. The zero-order chi connectivity index (χ0) is 15.6. The van der Waals surface area contributed by atoms with E-state index in [1.807, 2.05) is 0 Å². The Morgan fingerprint density at radius 2 is 0.650 bits per heavy atom. The third-order valence-electron chi connectivity index (χ3n) is 0.612. The topological polar surface area (TPSA) is 172 Å². The van der Waals surface area contributed by atoms with Crippen molar-refractivity contribution in [2.75, 3.05) is 0 Å². The molecule has 0 saturated carbocycles. The molecule has 0 atom stereocenters. The molecule has 0 spiro atoms. The zero-order valence-electron chi connectivity index (χ0n) is 10.5. The van der Waals surface area contributed by atoms with Gasteiger partial charge in [0.15, 0.2) is 0 Å². The number of hydrogen-bond acceptors (Lipinski definition) is 9. The van der Waals surface area contributed by atoms with E-state index in [0.29, 0.717) is 16.2 Å². The van der Waals surface area contributed by atoms with Gasteiger partial charge < -0.3 is 13.7 Å². The molecule has 0 N–H and O–H groups in total. The molecule has 0 aromatic heterocycles. The maximum Gasteiger partial charge on any atom is 2.00 e. The Morgan fingerprint density at radius 3 is 0.650 bits per heavy atom. The molecule has 14 heteroatoms. The van der Waals surface area contributed by atoms with Crippen LogP contribution in [0.25, 0.3) is 0 Å². The fraction of sp³-hybridized carbons (Fsp3) is 0. The van der Waals surface area contributed by atoms with Crippen molar-refractivity contribution < 1.29 is 110 Å². The second-order valence-corrected chi connectivity index (χ2v) is 5.94. The van der Waals surface area contributed by atoms with Crippen molar-refractivity contribution in [3.8, 4) is 0 Å². The first-order valence-electron chi connectivity index (χ1n) is 3.43. The molecule has 0 bridgehead atoms. The molecule has 0 fully saturated rings. The van der Waals surface area contributed by atoms with E-state index in [1.54, 1.807) is 0 Å². The van der Waals surface area contributed by atoms with E-state index in [4.69, 9.17) is 0 Å². The van der Waals surface area contributed by atoms with Crippen LogP contribution in [-0.2, 0) is 49.8 Å². The van der Waals surface area contributed by atoms with Gasteiger partial charge in [-0.2, -0.15) is 0 Å². The molecule has 0 aliphatic rings. The third-order valence-corrected chi connectivity index (χ3v) is 1.84. The minimum atomic E-state index is -4.15. The van der Waals surface area contributed by atoms with Crippen molar-refractivity contribution in [3.63, 3.8) is 0 Å². The quantitative estimate of drug-likeness (QED) is 0.323. The standard InChI is InChI=1S/3C2H4O3S.K.Zn/c3*1-2-6(3,4)5;;/h3*2H,1H2,(H,3,4,5);;/q;;;+1;+2/p-3. The fourth-order valence-electron chi connectivity index (χ4n) is 0. The van der Waals surface area contributed by atoms with Crippen molar-refractivity contribution in [2.45, 2.75) is 0 Å². The van der Waals surface area contributed by atoms with Crippen molar-refractivity contribution in [3.05, 3.63) is 36.0 Å². The molecule has 0 heterocycles. The van der Waals surface area contributed by atoms with Gasteiger partial charge in [-0.15, -0.1) is 0 Å². The zero-order valence-corrected chi connectivity index (χ0v) is 19.0. The van der Waals surface area contributed by atoms with Crippen LogP contribution in [0.5, 0.6) is 0 Å². The summed E-state index contributed by atoms with van der Waals surface area (Å²) < 4.78 is 83.9. The number of rotatable bonds is 3. The molecule has 0 unspecified atom stereocenters. The van der Waals surface area contributed by atoms with Gasteiger partial charge in [-0.1, -0.05) is 19.7 Å². The average molecular weight is 426 g/mol. The molecule has 108 valence electrons. The molecule has 0 aliphatic carbocycles. The summed E-state index contributed by atoms with van der Waals surface area (Å²) in [6.45, 7) is 8.19. The van der Waals surface area contributed by atoms with Gasteiger partial charge in [0.05, 0.1) is 0 Å². The average Bonchev–Trinajstić information content (AvgIpc) is 2.16. The Kier molecular flexibility index (Phi) is 24.9. The van der Waals surface area contributed by atoms with Gasteiger partial charge >= 0.3 is 70.9 Å². The minimum absolute atomic E-state index is 0. The normalized spacial score (nSPS) is 9.75. The van der Waals surface area contributed by atoms with Gasteiger partial charge in [0.1, 0.15) is 30.4 Å². The first kappa shape index (κ1) is 33.0. The van der Waals surface area contributed by atoms with Crippen LogP contribution in [0.15, 0.2) is 36.0 Å². The monoisotopic (exact) mass is 424 g/mol. The van der Waals surface area contributed by atoms with E-state index < -0.39 is 30.4 Å². The molecule has 0 radical (unpaired) electrons. The van der Waals surface area contributed by atoms with E-state index in [-0.39, 0.29) is 70.9 Å². The maximum absolute atomic E-state index is 9.33. The molecule has 0 aromatic rings. The van der Waals surface area contributed by atoms with Crippen LogP contribution in [0.3, 0.4) is 0 Å². The summed E-state index contributed by atoms with van der Waals surface area (Å²) in [6, 6.07) is 0. The van der Waals surface area contributed by atoms with Gasteiger partial charge in [-0.05, 0) is 0 Å². The summed E-state index contributed by atoms with van der Waals surface area (Å²) in [5, 5.41) is 1.06. The predicted molar refractivity (Wildman–Crippen MR) is 59.7 cm³/mol. The molecular formula is C6H9KO9S3Zn. The largest absolute Gasteiger partial charge is 2.00 e. The fourth-order valence-corrected chi connectivity index (χ4v) is 0. The van der Waals surface area contributed by atoms with Gasteiger partial charge in [0, 0.05) is 16.2 Å². The molecule has 0 saturated heterocycles.